The third-order valence-corrected chi connectivity index (χ3v) is 0.874. The van der Waals surface area contributed by atoms with Crippen LogP contribution in [0.4, 0.5) is 0 Å². The van der Waals surface area contributed by atoms with E-state index in [1.54, 1.807) is 0 Å². The molecule has 0 aromatic carbocycles. The van der Waals surface area contributed by atoms with Gasteiger partial charge in [0.2, 0.25) is 0 Å². The standard InChI is InChI=1S/C5H11N3O.ClH/c1-5(2,6)4-7-3-9-8-4;/h3-4,8H,6H2,1-2H3;1H/i1D3,2D3;. The minimum atomic E-state index is -2.89. The first-order chi connectivity index (χ1) is 6.61. The fourth-order valence-electron chi connectivity index (χ4n) is 0.427. The fraction of sp³-hybridized carbons (Fsp3) is 0.800. The Kier molecular flexibility index (Phi) is 1.08. The van der Waals surface area contributed by atoms with Gasteiger partial charge in [-0.15, -0.1) is 17.9 Å². The van der Waals surface area contributed by atoms with Gasteiger partial charge in [-0.1, -0.05) is 0 Å². The molecule has 60 valence electrons. The summed E-state index contributed by atoms with van der Waals surface area (Å²) in [4.78, 5) is 8.01. The van der Waals surface area contributed by atoms with E-state index in [2.05, 4.69) is 15.3 Å². The number of nitrogens with one attached hydrogen (secondary N) is 1. The molecule has 1 unspecified atom stereocenters. The zero-order chi connectivity index (χ0) is 11.9. The van der Waals surface area contributed by atoms with Crippen molar-refractivity contribution in [1.29, 1.82) is 0 Å². The molecule has 10 heavy (non-hydrogen) atoms. The van der Waals surface area contributed by atoms with Crippen molar-refractivity contribution in [3.8, 4) is 0 Å². The summed E-state index contributed by atoms with van der Waals surface area (Å²) in [5.41, 5.74) is 5.14. The molecular formula is C5H12ClN3O. The normalized spacial score (nSPS) is 35.1. The molecule has 1 rings (SSSR count). The highest BCUT2D eigenvalue weighted by Crippen LogP contribution is 2.07. The Morgan fingerprint density at radius 1 is 1.90 bits per heavy atom. The van der Waals surface area contributed by atoms with E-state index >= 15 is 0 Å². The molecular weight excluding hydrogens is 154 g/mol. The third-order valence-electron chi connectivity index (χ3n) is 0.874. The number of rotatable bonds is 1. The van der Waals surface area contributed by atoms with Crippen LogP contribution in [0.3, 0.4) is 0 Å². The summed E-state index contributed by atoms with van der Waals surface area (Å²) in [6.07, 6.45) is -0.401. The van der Waals surface area contributed by atoms with Crippen LogP contribution in [0.1, 0.15) is 21.9 Å². The molecule has 1 atom stereocenters. The highest BCUT2D eigenvalue weighted by molar-refractivity contribution is 5.85. The van der Waals surface area contributed by atoms with Crippen molar-refractivity contribution in [2.75, 3.05) is 0 Å². The highest BCUT2D eigenvalue weighted by Gasteiger charge is 2.26. The first-order valence-electron chi connectivity index (χ1n) is 5.32. The zero-order valence-corrected chi connectivity index (χ0v) is 5.81. The van der Waals surface area contributed by atoms with Gasteiger partial charge in [0.15, 0.2) is 12.6 Å². The lowest BCUT2D eigenvalue weighted by atomic mass is 10.0. The first kappa shape index (κ1) is 3.38. The third kappa shape index (κ3) is 2.13. The Morgan fingerprint density at radius 2 is 2.60 bits per heavy atom. The van der Waals surface area contributed by atoms with Crippen LogP contribution < -0.4 is 11.2 Å². The summed E-state index contributed by atoms with van der Waals surface area (Å²) >= 11 is 0. The van der Waals surface area contributed by atoms with Crippen molar-refractivity contribution in [3.63, 3.8) is 0 Å². The molecule has 0 saturated carbocycles. The summed E-state index contributed by atoms with van der Waals surface area (Å²) in [5.74, 6) is 0. The molecule has 3 N–H and O–H groups in total. The van der Waals surface area contributed by atoms with Crippen LogP contribution in [0.25, 0.3) is 0 Å². The van der Waals surface area contributed by atoms with Crippen LogP contribution >= 0.6 is 12.4 Å². The summed E-state index contributed by atoms with van der Waals surface area (Å²) < 4.78 is 43.1. The number of hydrogen-bond donors (Lipinski definition) is 2. The number of hydrogen-bond acceptors (Lipinski definition) is 4. The van der Waals surface area contributed by atoms with Gasteiger partial charge in [0.05, 0.1) is 0 Å². The van der Waals surface area contributed by atoms with Gasteiger partial charge in [-0.2, -0.15) is 0 Å². The van der Waals surface area contributed by atoms with Gasteiger partial charge < -0.3 is 10.6 Å². The van der Waals surface area contributed by atoms with Gasteiger partial charge >= 0.3 is 0 Å². The van der Waals surface area contributed by atoms with Crippen molar-refractivity contribution >= 4 is 18.8 Å². The molecule has 0 saturated heterocycles. The van der Waals surface area contributed by atoms with Crippen molar-refractivity contribution in [3.05, 3.63) is 0 Å². The molecule has 5 heteroatoms. The zero-order valence-electron chi connectivity index (χ0n) is 11.0. The van der Waals surface area contributed by atoms with Crippen molar-refractivity contribution in [2.45, 2.75) is 25.4 Å². The van der Waals surface area contributed by atoms with Gasteiger partial charge in [0, 0.05) is 13.8 Å². The minimum absolute atomic E-state index is 0. The molecule has 0 radical (unpaired) electrons. The Bertz CT molecular complexity index is 262. The fourth-order valence-corrected chi connectivity index (χ4v) is 0.427. The van der Waals surface area contributed by atoms with E-state index < -0.39 is 25.4 Å². The molecule has 0 aromatic rings. The maximum absolute atomic E-state index is 7.19. The number of hydroxylamine groups is 1. The lowest BCUT2D eigenvalue weighted by molar-refractivity contribution is 0.153. The van der Waals surface area contributed by atoms with E-state index in [1.165, 1.54) is 0 Å². The Hall–Kier alpha value is -0.320. The average Bonchev–Trinajstić information content (AvgIpc) is 2.49. The van der Waals surface area contributed by atoms with E-state index in [0.29, 0.717) is 0 Å². The van der Waals surface area contributed by atoms with E-state index in [0.717, 1.165) is 6.40 Å². The maximum atomic E-state index is 7.19. The predicted molar refractivity (Wildman–Crippen MR) is 42.0 cm³/mol. The van der Waals surface area contributed by atoms with Gasteiger partial charge in [-0.3, -0.25) is 0 Å². The van der Waals surface area contributed by atoms with Crippen LogP contribution in [0, 0.1) is 0 Å². The monoisotopic (exact) mass is 171 g/mol. The number of nitrogens with two attached hydrogens (primary N) is 1. The van der Waals surface area contributed by atoms with Crippen molar-refractivity contribution in [2.24, 2.45) is 10.7 Å². The van der Waals surface area contributed by atoms with Crippen LogP contribution in [0.15, 0.2) is 4.99 Å². The maximum Gasteiger partial charge on any atom is 0.198 e. The average molecular weight is 172 g/mol. The largest absolute Gasteiger partial charge is 0.395 e. The molecule has 1 heterocycles. The lowest BCUT2D eigenvalue weighted by Gasteiger charge is -2.22. The number of nitrogens with zero attached hydrogens (tertiary/aromatic N) is 1. The van der Waals surface area contributed by atoms with E-state index in [-0.39, 0.29) is 12.4 Å². The molecule has 1 aliphatic heterocycles. The number of halogens is 1. The molecule has 0 bridgehead atoms. The quantitative estimate of drug-likeness (QED) is 0.586. The summed E-state index contributed by atoms with van der Waals surface area (Å²) in [6.45, 7) is -5.78. The smallest absolute Gasteiger partial charge is 0.198 e. The van der Waals surface area contributed by atoms with Crippen LogP contribution in [0.2, 0.25) is 0 Å². The lowest BCUT2D eigenvalue weighted by Crippen LogP contribution is -2.49. The van der Waals surface area contributed by atoms with E-state index in [4.69, 9.17) is 14.0 Å². The summed E-state index contributed by atoms with van der Waals surface area (Å²) in [7, 11) is 0. The SMILES string of the molecule is Cl.[2H]C([2H])([2H])C(N)(C1N=CON1)C([2H])([2H])[2H]. The van der Waals surface area contributed by atoms with Gasteiger partial charge in [0.25, 0.3) is 0 Å². The Morgan fingerprint density at radius 3 is 3.00 bits per heavy atom. The highest BCUT2D eigenvalue weighted by atomic mass is 35.5. The molecule has 4 nitrogen and oxygen atoms in total. The summed E-state index contributed by atoms with van der Waals surface area (Å²) in [5, 5.41) is 0. The van der Waals surface area contributed by atoms with Gasteiger partial charge in [-0.05, 0) is 13.7 Å². The van der Waals surface area contributed by atoms with Crippen molar-refractivity contribution in [1.82, 2.24) is 5.48 Å². The summed E-state index contributed by atoms with van der Waals surface area (Å²) in [6, 6.07) is 0. The van der Waals surface area contributed by atoms with Crippen LogP contribution in [-0.4, -0.2) is 18.1 Å². The topological polar surface area (TPSA) is 59.6 Å². The first-order valence-corrected chi connectivity index (χ1v) is 2.32. The molecule has 0 aliphatic carbocycles. The van der Waals surface area contributed by atoms with Crippen molar-refractivity contribution < 1.29 is 13.1 Å². The minimum Gasteiger partial charge on any atom is -0.395 e. The Labute approximate surface area is 74.6 Å². The van der Waals surface area contributed by atoms with Gasteiger partial charge in [-0.25, -0.2) is 4.99 Å². The van der Waals surface area contributed by atoms with Gasteiger partial charge in [0.1, 0.15) is 0 Å². The van der Waals surface area contributed by atoms with Crippen LogP contribution in [-0.2, 0) is 4.84 Å². The molecule has 0 aromatic heterocycles. The molecule has 0 fully saturated rings. The van der Waals surface area contributed by atoms with Crippen LogP contribution in [0.5, 0.6) is 0 Å². The molecule has 0 spiro atoms. The van der Waals surface area contributed by atoms with E-state index in [9.17, 15) is 0 Å². The number of aliphatic imine (C=N–C) groups is 1. The molecule has 0 amide bonds. The predicted octanol–water partition coefficient (Wildman–Crippen LogP) is 0.0347. The second-order valence-electron chi connectivity index (χ2n) is 1.76. The van der Waals surface area contributed by atoms with E-state index in [1.807, 2.05) is 0 Å². The molecule has 1 aliphatic rings. The Balaban J connectivity index is 0.00000225. The second kappa shape index (κ2) is 3.18. The second-order valence-corrected chi connectivity index (χ2v) is 1.76.